The van der Waals surface area contributed by atoms with Gasteiger partial charge in [0, 0.05) is 12.6 Å². The van der Waals surface area contributed by atoms with Crippen LogP contribution in [-0.2, 0) is 0 Å². The van der Waals surface area contributed by atoms with Gasteiger partial charge in [-0.3, -0.25) is 0 Å². The zero-order chi connectivity index (χ0) is 9.80. The summed E-state index contributed by atoms with van der Waals surface area (Å²) in [6.07, 6.45) is 3.66. The first-order valence-corrected chi connectivity index (χ1v) is 5.07. The first-order valence-electron chi connectivity index (χ1n) is 5.07. The van der Waals surface area contributed by atoms with Crippen molar-refractivity contribution in [2.75, 3.05) is 6.54 Å². The standard InChI is InChI=1S/C12H13N2/c13-9-10-4-6-11(7-5-10)12-3-1-2-8-14-12/h4-7,12H,1-3,8H2. The first kappa shape index (κ1) is 9.23. The summed E-state index contributed by atoms with van der Waals surface area (Å²) in [4.78, 5) is 0. The van der Waals surface area contributed by atoms with Crippen LogP contribution in [0.3, 0.4) is 0 Å². The second kappa shape index (κ2) is 4.26. The van der Waals surface area contributed by atoms with E-state index in [1.165, 1.54) is 18.4 Å². The third-order valence-electron chi connectivity index (χ3n) is 2.66. The van der Waals surface area contributed by atoms with Gasteiger partial charge in [-0.05, 0) is 30.5 Å². The van der Waals surface area contributed by atoms with Crippen LogP contribution in [0.1, 0.15) is 36.4 Å². The molecule has 0 bridgehead atoms. The lowest BCUT2D eigenvalue weighted by molar-refractivity contribution is 0.403. The van der Waals surface area contributed by atoms with Crippen molar-refractivity contribution >= 4 is 0 Å². The SMILES string of the molecule is N#Cc1ccc(C2CCCC[N]2)cc1. The fourth-order valence-electron chi connectivity index (χ4n) is 1.84. The number of hydrogen-bond acceptors (Lipinski definition) is 1. The van der Waals surface area contributed by atoms with Crippen LogP contribution in [-0.4, -0.2) is 6.54 Å². The number of benzene rings is 1. The lowest BCUT2D eigenvalue weighted by Gasteiger charge is -2.21. The Morgan fingerprint density at radius 2 is 2.00 bits per heavy atom. The fraction of sp³-hybridized carbons (Fsp3) is 0.417. The van der Waals surface area contributed by atoms with E-state index in [0.29, 0.717) is 6.04 Å². The van der Waals surface area contributed by atoms with Crippen molar-refractivity contribution in [3.8, 4) is 6.07 Å². The Balaban J connectivity index is 2.12. The predicted octanol–water partition coefficient (Wildman–Crippen LogP) is 2.39. The summed E-state index contributed by atoms with van der Waals surface area (Å²) in [5.41, 5.74) is 1.98. The molecule has 1 aliphatic heterocycles. The molecule has 0 aromatic heterocycles. The summed E-state index contributed by atoms with van der Waals surface area (Å²) in [6.45, 7) is 0.991. The number of piperidine rings is 1. The molecule has 0 amide bonds. The molecule has 14 heavy (non-hydrogen) atoms. The monoisotopic (exact) mass is 185 g/mol. The summed E-state index contributed by atoms with van der Waals surface area (Å²) in [7, 11) is 0. The molecule has 1 aromatic carbocycles. The molecule has 0 spiro atoms. The van der Waals surface area contributed by atoms with E-state index in [9.17, 15) is 0 Å². The van der Waals surface area contributed by atoms with E-state index in [-0.39, 0.29) is 0 Å². The minimum atomic E-state index is 0.372. The Labute approximate surface area is 84.6 Å². The number of hydrogen-bond donors (Lipinski definition) is 0. The number of nitriles is 1. The molecule has 0 N–H and O–H groups in total. The third-order valence-corrected chi connectivity index (χ3v) is 2.66. The summed E-state index contributed by atoms with van der Waals surface area (Å²) in [5.74, 6) is 0. The minimum Gasteiger partial charge on any atom is -0.234 e. The summed E-state index contributed by atoms with van der Waals surface area (Å²) in [6, 6.07) is 10.3. The van der Waals surface area contributed by atoms with Gasteiger partial charge < -0.3 is 0 Å². The van der Waals surface area contributed by atoms with Crippen LogP contribution >= 0.6 is 0 Å². The van der Waals surface area contributed by atoms with Gasteiger partial charge in [0.05, 0.1) is 11.6 Å². The lowest BCUT2D eigenvalue weighted by Crippen LogP contribution is -2.20. The molecule has 0 saturated carbocycles. The van der Waals surface area contributed by atoms with E-state index >= 15 is 0 Å². The molecule has 2 nitrogen and oxygen atoms in total. The molecule has 2 rings (SSSR count). The Bertz CT molecular complexity index is 328. The van der Waals surface area contributed by atoms with E-state index in [0.717, 1.165) is 18.5 Å². The van der Waals surface area contributed by atoms with Crippen LogP contribution in [0.5, 0.6) is 0 Å². The van der Waals surface area contributed by atoms with Crippen LogP contribution in [0.4, 0.5) is 0 Å². The smallest absolute Gasteiger partial charge is 0.0991 e. The van der Waals surface area contributed by atoms with E-state index in [1.54, 1.807) is 0 Å². The third kappa shape index (κ3) is 1.94. The molecule has 1 aliphatic rings. The minimum absolute atomic E-state index is 0.372. The highest BCUT2D eigenvalue weighted by Crippen LogP contribution is 2.24. The van der Waals surface area contributed by atoms with Crippen molar-refractivity contribution in [3.05, 3.63) is 35.4 Å². The summed E-state index contributed by atoms with van der Waals surface area (Å²) in [5, 5.41) is 13.2. The fourth-order valence-corrected chi connectivity index (χ4v) is 1.84. The van der Waals surface area contributed by atoms with Crippen LogP contribution in [0.15, 0.2) is 24.3 Å². The molecule has 1 heterocycles. The van der Waals surface area contributed by atoms with Crippen molar-refractivity contribution in [1.29, 1.82) is 5.26 Å². The molecule has 0 aliphatic carbocycles. The highest BCUT2D eigenvalue weighted by atomic mass is 14.9. The largest absolute Gasteiger partial charge is 0.234 e. The molecule has 1 saturated heterocycles. The van der Waals surface area contributed by atoms with E-state index < -0.39 is 0 Å². The van der Waals surface area contributed by atoms with Gasteiger partial charge in [-0.2, -0.15) is 5.26 Å². The zero-order valence-corrected chi connectivity index (χ0v) is 8.11. The second-order valence-corrected chi connectivity index (χ2v) is 3.65. The Kier molecular flexibility index (Phi) is 2.81. The zero-order valence-electron chi connectivity index (χ0n) is 8.11. The molecule has 1 radical (unpaired) electrons. The number of nitrogens with zero attached hydrogens (tertiary/aromatic N) is 2. The van der Waals surface area contributed by atoms with Gasteiger partial charge in [-0.1, -0.05) is 18.6 Å². The highest BCUT2D eigenvalue weighted by Gasteiger charge is 2.15. The summed E-state index contributed by atoms with van der Waals surface area (Å²) >= 11 is 0. The Hall–Kier alpha value is -1.33. The molecule has 2 heteroatoms. The second-order valence-electron chi connectivity index (χ2n) is 3.65. The highest BCUT2D eigenvalue weighted by molar-refractivity contribution is 5.32. The summed E-state index contributed by atoms with van der Waals surface area (Å²) < 4.78 is 0. The molecule has 1 unspecified atom stereocenters. The van der Waals surface area contributed by atoms with Gasteiger partial charge >= 0.3 is 0 Å². The van der Waals surface area contributed by atoms with Gasteiger partial charge in [0.2, 0.25) is 0 Å². The van der Waals surface area contributed by atoms with Gasteiger partial charge in [-0.15, -0.1) is 0 Å². The molecule has 1 atom stereocenters. The normalized spacial score (nSPS) is 21.5. The maximum atomic E-state index is 8.67. The van der Waals surface area contributed by atoms with Crippen molar-refractivity contribution in [2.24, 2.45) is 0 Å². The molecule has 1 fully saturated rings. The predicted molar refractivity (Wildman–Crippen MR) is 54.8 cm³/mol. The van der Waals surface area contributed by atoms with Crippen LogP contribution in [0.2, 0.25) is 0 Å². The maximum absolute atomic E-state index is 8.67. The van der Waals surface area contributed by atoms with Crippen LogP contribution < -0.4 is 5.32 Å². The molecular weight excluding hydrogens is 172 g/mol. The van der Waals surface area contributed by atoms with Crippen molar-refractivity contribution in [2.45, 2.75) is 25.3 Å². The van der Waals surface area contributed by atoms with E-state index in [2.05, 4.69) is 11.4 Å². The van der Waals surface area contributed by atoms with E-state index in [1.807, 2.05) is 24.3 Å². The van der Waals surface area contributed by atoms with Crippen LogP contribution in [0.25, 0.3) is 0 Å². The van der Waals surface area contributed by atoms with E-state index in [4.69, 9.17) is 5.26 Å². The van der Waals surface area contributed by atoms with Gasteiger partial charge in [0.15, 0.2) is 0 Å². The van der Waals surface area contributed by atoms with Crippen molar-refractivity contribution in [3.63, 3.8) is 0 Å². The average molecular weight is 185 g/mol. The first-order chi connectivity index (χ1) is 6.90. The molecular formula is C12H13N2. The topological polar surface area (TPSA) is 37.9 Å². The molecule has 1 aromatic rings. The van der Waals surface area contributed by atoms with Crippen molar-refractivity contribution < 1.29 is 0 Å². The molecule has 71 valence electrons. The van der Waals surface area contributed by atoms with Crippen LogP contribution in [0, 0.1) is 11.3 Å². The van der Waals surface area contributed by atoms with Gasteiger partial charge in [0.25, 0.3) is 0 Å². The quantitative estimate of drug-likeness (QED) is 0.662. The number of rotatable bonds is 1. The van der Waals surface area contributed by atoms with Crippen molar-refractivity contribution in [1.82, 2.24) is 5.32 Å². The van der Waals surface area contributed by atoms with Gasteiger partial charge in [-0.25, -0.2) is 5.32 Å². The Morgan fingerprint density at radius 3 is 2.57 bits per heavy atom. The maximum Gasteiger partial charge on any atom is 0.0991 e. The Morgan fingerprint density at radius 1 is 1.21 bits per heavy atom. The van der Waals surface area contributed by atoms with Gasteiger partial charge in [0.1, 0.15) is 0 Å². The average Bonchev–Trinajstić information content (AvgIpc) is 2.30. The lowest BCUT2D eigenvalue weighted by atomic mass is 9.97.